The Kier molecular flexibility index (Phi) is 3.97. The van der Waals surface area contributed by atoms with Gasteiger partial charge in [0.15, 0.2) is 0 Å². The van der Waals surface area contributed by atoms with E-state index < -0.39 is 0 Å². The van der Waals surface area contributed by atoms with Crippen molar-refractivity contribution in [3.8, 4) is 11.4 Å². The summed E-state index contributed by atoms with van der Waals surface area (Å²) in [6.07, 6.45) is 6.08. The Balaban J connectivity index is 1.60. The van der Waals surface area contributed by atoms with Gasteiger partial charge in [-0.3, -0.25) is 4.79 Å². The summed E-state index contributed by atoms with van der Waals surface area (Å²) in [4.78, 5) is 12.2. The number of benzene rings is 1. The minimum absolute atomic E-state index is 0.0756. The second kappa shape index (κ2) is 6.43. The number of amides is 1. The molecule has 7 heteroatoms. The van der Waals surface area contributed by atoms with Crippen LogP contribution in [-0.4, -0.2) is 28.0 Å². The van der Waals surface area contributed by atoms with E-state index in [2.05, 4.69) is 15.6 Å². The topological polar surface area (TPSA) is 82.2 Å². The molecule has 0 bridgehead atoms. The number of hydrogen-bond donors (Lipinski definition) is 1. The molecule has 3 aromatic rings. The van der Waals surface area contributed by atoms with Crippen molar-refractivity contribution in [2.45, 2.75) is 25.3 Å². The van der Waals surface area contributed by atoms with E-state index in [-0.39, 0.29) is 17.7 Å². The van der Waals surface area contributed by atoms with Crippen molar-refractivity contribution in [3.63, 3.8) is 0 Å². The van der Waals surface area contributed by atoms with Crippen molar-refractivity contribution in [1.82, 2.24) is 20.3 Å². The highest BCUT2D eigenvalue weighted by atomic mass is 16.5. The number of hydrogen-bond acceptors (Lipinski definition) is 5. The number of nitrogens with zero attached hydrogens (tertiary/aromatic N) is 3. The Morgan fingerprint density at radius 3 is 2.88 bits per heavy atom. The maximum absolute atomic E-state index is 12.2. The first-order valence-corrected chi connectivity index (χ1v) is 8.19. The van der Waals surface area contributed by atoms with Crippen molar-refractivity contribution < 1.29 is 14.1 Å². The Labute approximate surface area is 144 Å². The van der Waals surface area contributed by atoms with Gasteiger partial charge in [-0.25, -0.2) is 4.68 Å². The predicted octanol–water partition coefficient (Wildman–Crippen LogP) is 2.68. The van der Waals surface area contributed by atoms with Crippen LogP contribution in [0.4, 0.5) is 0 Å². The number of aromatic nitrogens is 3. The van der Waals surface area contributed by atoms with Crippen LogP contribution in [0.2, 0.25) is 0 Å². The van der Waals surface area contributed by atoms with Crippen molar-refractivity contribution >= 4 is 5.91 Å². The van der Waals surface area contributed by atoms with E-state index in [1.54, 1.807) is 13.2 Å². The van der Waals surface area contributed by atoms with Gasteiger partial charge in [-0.1, -0.05) is 5.16 Å². The Morgan fingerprint density at radius 1 is 1.32 bits per heavy atom. The number of methoxy groups -OCH3 is 1. The molecule has 0 spiro atoms. The van der Waals surface area contributed by atoms with Gasteiger partial charge in [0.2, 0.25) is 5.76 Å². The molecule has 1 aromatic carbocycles. The average Bonchev–Trinajstić information content (AvgIpc) is 3.32. The fourth-order valence-electron chi connectivity index (χ4n) is 3.22. The summed E-state index contributed by atoms with van der Waals surface area (Å²) >= 11 is 0. The molecule has 0 radical (unpaired) electrons. The van der Waals surface area contributed by atoms with Crippen LogP contribution < -0.4 is 10.1 Å². The summed E-state index contributed by atoms with van der Waals surface area (Å²) in [6, 6.07) is 9.25. The van der Waals surface area contributed by atoms with Gasteiger partial charge in [-0.15, -0.1) is 0 Å². The highest BCUT2D eigenvalue weighted by Gasteiger charge is 2.27. The third kappa shape index (κ3) is 2.88. The molecule has 0 saturated heterocycles. The summed E-state index contributed by atoms with van der Waals surface area (Å²) in [5, 5.41) is 11.1. The third-order valence-corrected chi connectivity index (χ3v) is 4.47. The normalized spacial score (nSPS) is 16.3. The lowest BCUT2D eigenvalue weighted by atomic mass is 9.92. The molecule has 1 aliphatic carbocycles. The first kappa shape index (κ1) is 15.4. The van der Waals surface area contributed by atoms with Crippen LogP contribution in [0.25, 0.3) is 5.69 Å². The van der Waals surface area contributed by atoms with Crippen LogP contribution in [0.3, 0.4) is 0 Å². The fraction of sp³-hybridized carbons (Fsp3) is 0.278. The first-order chi connectivity index (χ1) is 12.3. The number of rotatable bonds is 4. The molecule has 2 heterocycles. The molecule has 0 aliphatic heterocycles. The van der Waals surface area contributed by atoms with Crippen molar-refractivity contribution in [2.75, 3.05) is 7.11 Å². The molecule has 7 nitrogen and oxygen atoms in total. The first-order valence-electron chi connectivity index (χ1n) is 8.19. The molecular formula is C18H18N4O3. The van der Waals surface area contributed by atoms with E-state index in [0.717, 1.165) is 42.0 Å². The molecule has 4 rings (SSSR count). The molecule has 25 heavy (non-hydrogen) atoms. The summed E-state index contributed by atoms with van der Waals surface area (Å²) in [5.41, 5.74) is 3.15. The summed E-state index contributed by atoms with van der Waals surface area (Å²) < 4.78 is 12.1. The molecule has 128 valence electrons. The lowest BCUT2D eigenvalue weighted by molar-refractivity contribution is 0.0895. The average molecular weight is 338 g/mol. The predicted molar refractivity (Wildman–Crippen MR) is 89.8 cm³/mol. The van der Waals surface area contributed by atoms with Crippen molar-refractivity contribution in [1.29, 1.82) is 0 Å². The summed E-state index contributed by atoms with van der Waals surface area (Å²) in [5.74, 6) is 0.768. The van der Waals surface area contributed by atoms with E-state index >= 15 is 0 Å². The van der Waals surface area contributed by atoms with Gasteiger partial charge in [-0.05, 0) is 43.5 Å². The molecule has 1 amide bonds. The van der Waals surface area contributed by atoms with Crippen LogP contribution in [0.1, 0.15) is 40.7 Å². The fourth-order valence-corrected chi connectivity index (χ4v) is 3.22. The highest BCUT2D eigenvalue weighted by molar-refractivity contribution is 5.91. The second-order valence-electron chi connectivity index (χ2n) is 5.95. The number of nitrogens with one attached hydrogen (secondary N) is 1. The monoisotopic (exact) mass is 338 g/mol. The smallest absolute Gasteiger partial charge is 0.290 e. The lowest BCUT2D eigenvalue weighted by Gasteiger charge is -2.23. The number of carbonyl (C=O) groups is 1. The molecule has 1 unspecified atom stereocenters. The molecule has 1 atom stereocenters. The third-order valence-electron chi connectivity index (χ3n) is 4.47. The van der Waals surface area contributed by atoms with Gasteiger partial charge >= 0.3 is 0 Å². The van der Waals surface area contributed by atoms with Gasteiger partial charge < -0.3 is 14.6 Å². The molecule has 0 fully saturated rings. The van der Waals surface area contributed by atoms with Gasteiger partial charge in [0.1, 0.15) is 5.75 Å². The zero-order chi connectivity index (χ0) is 17.2. The number of ether oxygens (including phenoxy) is 1. The maximum Gasteiger partial charge on any atom is 0.290 e. The van der Waals surface area contributed by atoms with Crippen molar-refractivity contribution in [3.05, 3.63) is 59.7 Å². The molecule has 1 N–H and O–H groups in total. The Morgan fingerprint density at radius 2 is 2.16 bits per heavy atom. The van der Waals surface area contributed by atoms with E-state index in [4.69, 9.17) is 9.26 Å². The molecular weight excluding hydrogens is 320 g/mol. The lowest BCUT2D eigenvalue weighted by Crippen LogP contribution is -2.30. The van der Waals surface area contributed by atoms with Gasteiger partial charge in [0.25, 0.3) is 5.91 Å². The maximum atomic E-state index is 12.2. The van der Waals surface area contributed by atoms with Crippen LogP contribution in [0.15, 0.2) is 47.2 Å². The van der Waals surface area contributed by atoms with E-state index in [0.29, 0.717) is 0 Å². The van der Waals surface area contributed by atoms with E-state index in [1.165, 1.54) is 6.20 Å². The van der Waals surface area contributed by atoms with E-state index in [9.17, 15) is 4.79 Å². The molecule has 2 aromatic heterocycles. The standard InChI is InChI=1S/C18H18N4O3/c1-24-13-7-5-12(6-8-13)22-16-4-2-3-15(14(16)11-19-22)21-18(23)17-9-10-20-25-17/h5-11,15H,2-4H2,1H3,(H,21,23). The number of carbonyl (C=O) groups excluding carboxylic acids is 1. The van der Waals surface area contributed by atoms with Gasteiger partial charge in [0, 0.05) is 17.3 Å². The SMILES string of the molecule is COc1ccc(-n2ncc3c2CCCC3NC(=O)c2ccno2)cc1. The van der Waals surface area contributed by atoms with Crippen LogP contribution in [-0.2, 0) is 6.42 Å². The van der Waals surface area contributed by atoms with Crippen LogP contribution >= 0.6 is 0 Å². The quantitative estimate of drug-likeness (QED) is 0.791. The van der Waals surface area contributed by atoms with Crippen LogP contribution in [0, 0.1) is 0 Å². The van der Waals surface area contributed by atoms with E-state index in [1.807, 2.05) is 35.1 Å². The Bertz CT molecular complexity index is 868. The Hall–Kier alpha value is -3.09. The zero-order valence-electron chi connectivity index (χ0n) is 13.8. The minimum atomic E-state index is -0.257. The number of fused-ring (bicyclic) bond motifs is 1. The van der Waals surface area contributed by atoms with Crippen LogP contribution in [0.5, 0.6) is 5.75 Å². The summed E-state index contributed by atoms with van der Waals surface area (Å²) in [7, 11) is 1.65. The highest BCUT2D eigenvalue weighted by Crippen LogP contribution is 2.31. The van der Waals surface area contributed by atoms with Gasteiger partial charge in [0.05, 0.1) is 31.2 Å². The molecule has 1 aliphatic rings. The van der Waals surface area contributed by atoms with Gasteiger partial charge in [-0.2, -0.15) is 5.10 Å². The second-order valence-corrected chi connectivity index (χ2v) is 5.95. The minimum Gasteiger partial charge on any atom is -0.497 e. The van der Waals surface area contributed by atoms with Crippen molar-refractivity contribution in [2.24, 2.45) is 0 Å². The molecule has 0 saturated carbocycles. The zero-order valence-corrected chi connectivity index (χ0v) is 13.8. The summed E-state index contributed by atoms with van der Waals surface area (Å²) in [6.45, 7) is 0. The largest absolute Gasteiger partial charge is 0.497 e.